The van der Waals surface area contributed by atoms with Gasteiger partial charge in [-0.05, 0) is 96.3 Å². The van der Waals surface area contributed by atoms with Crippen molar-refractivity contribution in [2.24, 2.45) is 0 Å². The molecule has 0 spiro atoms. The number of rotatable bonds is 39. The molecule has 1 N–H and O–H groups in total. The second-order valence-electron chi connectivity index (χ2n) is 14.5. The molecule has 0 aliphatic carbocycles. The maximum atomic E-state index is 12.7. The van der Waals surface area contributed by atoms with Gasteiger partial charge in [0, 0.05) is 12.8 Å². The topological polar surface area (TPSA) is 63.6 Å². The molecule has 49 heavy (non-hydrogen) atoms. The second kappa shape index (κ2) is 40.6. The highest BCUT2D eigenvalue weighted by molar-refractivity contribution is 5.69. The Kier molecular flexibility index (Phi) is 39.1. The molecule has 0 rings (SSSR count). The Hall–Kier alpha value is -1.84. The van der Waals surface area contributed by atoms with Crippen molar-refractivity contribution < 1.29 is 19.4 Å². The molecule has 0 aliphatic rings. The van der Waals surface area contributed by atoms with Gasteiger partial charge in [0.15, 0.2) is 0 Å². The first-order valence-electron chi connectivity index (χ1n) is 21.5. The van der Waals surface area contributed by atoms with Crippen LogP contribution in [0.15, 0.2) is 36.5 Å². The molecule has 0 aromatic carbocycles. The number of ether oxygens (including phenoxy) is 1. The van der Waals surface area contributed by atoms with Gasteiger partial charge in [-0.2, -0.15) is 0 Å². The summed E-state index contributed by atoms with van der Waals surface area (Å²) in [6.07, 6.45) is 53.1. The minimum Gasteiger partial charge on any atom is -0.481 e. The molecule has 0 radical (unpaired) electrons. The predicted molar refractivity (Wildman–Crippen MR) is 213 cm³/mol. The average molecular weight is 687 g/mol. The van der Waals surface area contributed by atoms with Crippen molar-refractivity contribution in [2.75, 3.05) is 0 Å². The van der Waals surface area contributed by atoms with E-state index in [2.05, 4.69) is 50.3 Å². The Labute approximate surface area is 305 Å². The fraction of sp³-hybridized carbons (Fsp3) is 0.822. The number of carboxylic acid groups (broad SMARTS) is 1. The molecular weight excluding hydrogens is 604 g/mol. The van der Waals surface area contributed by atoms with Crippen LogP contribution < -0.4 is 0 Å². The summed E-state index contributed by atoms with van der Waals surface area (Å²) >= 11 is 0. The van der Waals surface area contributed by atoms with Crippen molar-refractivity contribution >= 4 is 11.9 Å². The highest BCUT2D eigenvalue weighted by atomic mass is 16.5. The van der Waals surface area contributed by atoms with E-state index in [0.29, 0.717) is 6.42 Å². The zero-order valence-electron chi connectivity index (χ0n) is 32.8. The van der Waals surface area contributed by atoms with Gasteiger partial charge in [0.05, 0.1) is 0 Å². The predicted octanol–water partition coefficient (Wildman–Crippen LogP) is 15.0. The largest absolute Gasteiger partial charge is 0.481 e. The summed E-state index contributed by atoms with van der Waals surface area (Å²) in [6, 6.07) is 0. The van der Waals surface area contributed by atoms with E-state index in [0.717, 1.165) is 83.5 Å². The zero-order valence-corrected chi connectivity index (χ0v) is 32.8. The summed E-state index contributed by atoms with van der Waals surface area (Å²) in [5.74, 6) is -0.720. The van der Waals surface area contributed by atoms with E-state index >= 15 is 0 Å². The molecule has 4 heteroatoms. The van der Waals surface area contributed by atoms with Crippen LogP contribution in [-0.2, 0) is 14.3 Å². The number of carbonyl (C=O) groups excluding carboxylic acids is 1. The monoisotopic (exact) mass is 687 g/mol. The normalized spacial score (nSPS) is 12.5. The molecule has 286 valence electrons. The first-order valence-corrected chi connectivity index (χ1v) is 21.5. The van der Waals surface area contributed by atoms with Crippen LogP contribution in [0.5, 0.6) is 0 Å². The van der Waals surface area contributed by atoms with Crippen LogP contribution in [0.2, 0.25) is 0 Å². The van der Waals surface area contributed by atoms with Crippen LogP contribution in [0, 0.1) is 0 Å². The van der Waals surface area contributed by atoms with Crippen molar-refractivity contribution in [1.29, 1.82) is 0 Å². The number of hydrogen-bond acceptors (Lipinski definition) is 3. The van der Waals surface area contributed by atoms with Crippen molar-refractivity contribution in [3.63, 3.8) is 0 Å². The van der Waals surface area contributed by atoms with Crippen LogP contribution >= 0.6 is 0 Å². The smallest absolute Gasteiger partial charge is 0.306 e. The van der Waals surface area contributed by atoms with Crippen molar-refractivity contribution in [2.45, 2.75) is 238 Å². The van der Waals surface area contributed by atoms with Crippen molar-refractivity contribution in [3.05, 3.63) is 36.5 Å². The lowest BCUT2D eigenvalue weighted by atomic mass is 10.0. The van der Waals surface area contributed by atoms with Crippen LogP contribution in [0.25, 0.3) is 0 Å². The number of carboxylic acids is 1. The zero-order chi connectivity index (χ0) is 35.7. The third-order valence-corrected chi connectivity index (χ3v) is 9.58. The molecule has 0 amide bonds. The van der Waals surface area contributed by atoms with Gasteiger partial charge in [-0.1, -0.05) is 159 Å². The molecule has 0 heterocycles. The van der Waals surface area contributed by atoms with E-state index in [1.807, 2.05) is 0 Å². The summed E-state index contributed by atoms with van der Waals surface area (Å²) in [5.41, 5.74) is 0. The average Bonchev–Trinajstić information content (AvgIpc) is 3.09. The summed E-state index contributed by atoms with van der Waals surface area (Å²) in [5, 5.41) is 8.84. The van der Waals surface area contributed by atoms with E-state index in [1.54, 1.807) is 0 Å². The lowest BCUT2D eigenvalue weighted by Gasteiger charge is -2.18. The van der Waals surface area contributed by atoms with E-state index < -0.39 is 5.97 Å². The Morgan fingerprint density at radius 1 is 0.449 bits per heavy atom. The van der Waals surface area contributed by atoms with Gasteiger partial charge in [-0.25, -0.2) is 0 Å². The van der Waals surface area contributed by atoms with Crippen LogP contribution in [-0.4, -0.2) is 23.1 Å². The summed E-state index contributed by atoms with van der Waals surface area (Å²) in [7, 11) is 0. The number of carbonyl (C=O) groups is 2. The molecule has 0 saturated carbocycles. The minimum absolute atomic E-state index is 0.0169. The van der Waals surface area contributed by atoms with Crippen LogP contribution in [0.3, 0.4) is 0 Å². The molecule has 0 aliphatic heterocycles. The fourth-order valence-electron chi connectivity index (χ4n) is 6.39. The first kappa shape index (κ1) is 47.2. The molecule has 1 atom stereocenters. The quantitative estimate of drug-likeness (QED) is 0.0397. The molecule has 0 fully saturated rings. The molecule has 0 aromatic rings. The van der Waals surface area contributed by atoms with Gasteiger partial charge >= 0.3 is 11.9 Å². The maximum Gasteiger partial charge on any atom is 0.306 e. The number of allylic oxidation sites excluding steroid dienone is 6. The second-order valence-corrected chi connectivity index (χ2v) is 14.5. The summed E-state index contributed by atoms with van der Waals surface area (Å²) < 4.78 is 6.01. The van der Waals surface area contributed by atoms with Crippen LogP contribution in [0.1, 0.15) is 232 Å². The highest BCUT2D eigenvalue weighted by Crippen LogP contribution is 2.18. The highest BCUT2D eigenvalue weighted by Gasteiger charge is 2.14. The lowest BCUT2D eigenvalue weighted by Crippen LogP contribution is -2.18. The van der Waals surface area contributed by atoms with Gasteiger partial charge in [-0.3, -0.25) is 9.59 Å². The van der Waals surface area contributed by atoms with E-state index in [-0.39, 0.29) is 18.5 Å². The molecule has 0 bridgehead atoms. The van der Waals surface area contributed by atoms with Crippen molar-refractivity contribution in [3.8, 4) is 0 Å². The van der Waals surface area contributed by atoms with E-state index in [4.69, 9.17) is 9.84 Å². The van der Waals surface area contributed by atoms with Gasteiger partial charge < -0.3 is 9.84 Å². The molecule has 0 saturated heterocycles. The molecule has 4 nitrogen and oxygen atoms in total. The third-order valence-electron chi connectivity index (χ3n) is 9.58. The maximum absolute atomic E-state index is 12.7. The summed E-state index contributed by atoms with van der Waals surface area (Å²) in [6.45, 7) is 4.54. The number of aliphatic carboxylic acids is 1. The first-order chi connectivity index (χ1) is 24.1. The number of unbranched alkanes of at least 4 members (excludes halogenated alkanes) is 24. The number of hydrogen-bond donors (Lipinski definition) is 1. The van der Waals surface area contributed by atoms with Gasteiger partial charge in [0.25, 0.3) is 0 Å². The standard InChI is InChI=1S/C45H82O4/c1-3-5-7-9-11-13-15-17-19-21-23-25-27-29-34-38-42-45(48)49-43(40-36-32-30-33-37-41-44(46)47)39-35-31-28-26-24-22-20-18-16-14-12-10-8-6-4-2/h13,15,19,21-22,24,43H,3-12,14,16-18,20,23,25-42H2,1-2H3,(H,46,47)/b15-13-,21-19-,24-22-. The SMILES string of the molecule is CCCCCC/C=C\C/C=C\CCCCCCCC(=O)OC(CCCCC/C=C\CCCCCCCCCC)CCCCCCCC(=O)O. The van der Waals surface area contributed by atoms with Gasteiger partial charge in [0.2, 0.25) is 0 Å². The minimum atomic E-state index is -0.703. The third kappa shape index (κ3) is 40.5. The van der Waals surface area contributed by atoms with E-state index in [1.165, 1.54) is 122 Å². The van der Waals surface area contributed by atoms with Gasteiger partial charge in [-0.15, -0.1) is 0 Å². The van der Waals surface area contributed by atoms with Gasteiger partial charge in [0.1, 0.15) is 6.10 Å². The number of esters is 1. The van der Waals surface area contributed by atoms with E-state index in [9.17, 15) is 9.59 Å². The Bertz CT molecular complexity index is 783. The Morgan fingerprint density at radius 3 is 1.27 bits per heavy atom. The molecular formula is C45H82O4. The Morgan fingerprint density at radius 2 is 0.796 bits per heavy atom. The lowest BCUT2D eigenvalue weighted by molar-refractivity contribution is -0.150. The van der Waals surface area contributed by atoms with Crippen molar-refractivity contribution in [1.82, 2.24) is 0 Å². The molecule has 0 aromatic heterocycles. The Balaban J connectivity index is 4.08. The fourth-order valence-corrected chi connectivity index (χ4v) is 6.39. The molecule has 1 unspecified atom stereocenters. The summed E-state index contributed by atoms with van der Waals surface area (Å²) in [4.78, 5) is 23.4. The van der Waals surface area contributed by atoms with Crippen LogP contribution in [0.4, 0.5) is 0 Å².